The van der Waals surface area contributed by atoms with E-state index in [4.69, 9.17) is 11.5 Å². The van der Waals surface area contributed by atoms with Crippen molar-refractivity contribution < 1.29 is 17.9 Å². The van der Waals surface area contributed by atoms with Gasteiger partial charge in [0.2, 0.25) is 10.0 Å². The van der Waals surface area contributed by atoms with Crippen molar-refractivity contribution in [2.24, 2.45) is 5.73 Å². The van der Waals surface area contributed by atoms with E-state index >= 15 is 0 Å². The molecule has 1 aromatic carbocycles. The first-order chi connectivity index (χ1) is 8.86. The molecule has 0 aliphatic heterocycles. The molecule has 1 aromatic rings. The van der Waals surface area contributed by atoms with E-state index in [0.717, 1.165) is 0 Å². The van der Waals surface area contributed by atoms with Crippen LogP contribution in [0.15, 0.2) is 23.1 Å². The number of primary amides is 1. The fraction of sp³-hybridized carbons (Fsp3) is 0.364. The molecule has 0 spiro atoms. The molecule has 0 saturated carbocycles. The van der Waals surface area contributed by atoms with Gasteiger partial charge in [0.05, 0.1) is 4.90 Å². The molecule has 0 radical (unpaired) electrons. The Morgan fingerprint density at radius 3 is 2.68 bits per heavy atom. The minimum Gasteiger partial charge on any atom is -0.448 e. The van der Waals surface area contributed by atoms with Gasteiger partial charge in [0.15, 0.2) is 0 Å². The van der Waals surface area contributed by atoms with Gasteiger partial charge in [0.25, 0.3) is 0 Å². The average Bonchev–Trinajstić information content (AvgIpc) is 2.34. The topological polar surface area (TPSA) is 125 Å². The van der Waals surface area contributed by atoms with Crippen LogP contribution in [0.4, 0.5) is 10.5 Å². The third-order valence-corrected chi connectivity index (χ3v) is 3.94. The van der Waals surface area contributed by atoms with E-state index in [1.54, 1.807) is 12.1 Å². The lowest BCUT2D eigenvalue weighted by atomic mass is 10.1. The number of amides is 1. The second-order valence-corrected chi connectivity index (χ2v) is 5.52. The van der Waals surface area contributed by atoms with Crippen LogP contribution in [0.3, 0.4) is 0 Å². The lowest BCUT2D eigenvalue weighted by Gasteiger charge is -2.11. The highest BCUT2D eigenvalue weighted by Gasteiger charge is 2.17. The van der Waals surface area contributed by atoms with E-state index < -0.39 is 16.1 Å². The maximum absolute atomic E-state index is 12.1. The summed E-state index contributed by atoms with van der Waals surface area (Å²) in [5.41, 5.74) is 11.4. The van der Waals surface area contributed by atoms with E-state index in [0.29, 0.717) is 17.7 Å². The van der Waals surface area contributed by atoms with Crippen LogP contribution in [0.2, 0.25) is 0 Å². The molecule has 0 bridgehead atoms. The summed E-state index contributed by atoms with van der Waals surface area (Å²) in [6.45, 7) is 1.67. The third kappa shape index (κ3) is 4.42. The lowest BCUT2D eigenvalue weighted by Crippen LogP contribution is -2.29. The summed E-state index contributed by atoms with van der Waals surface area (Å²) in [5.74, 6) is 0. The van der Waals surface area contributed by atoms with Crippen molar-refractivity contribution in [3.05, 3.63) is 23.8 Å². The third-order valence-electron chi connectivity index (χ3n) is 2.40. The predicted octanol–water partition coefficient (Wildman–Crippen LogP) is 0.205. The standard InChI is InChI=1S/C11H17N3O4S/c1-2-8-3-4-9(12)7-10(8)19(16,17)14-5-6-18-11(13)15/h3-4,7,14H,2,5-6,12H2,1H3,(H2,13,15). The fourth-order valence-corrected chi connectivity index (χ4v) is 2.88. The molecule has 0 saturated heterocycles. The quantitative estimate of drug-likeness (QED) is 0.509. The highest BCUT2D eigenvalue weighted by atomic mass is 32.2. The van der Waals surface area contributed by atoms with Crippen LogP contribution >= 0.6 is 0 Å². The number of benzene rings is 1. The number of hydrogen-bond donors (Lipinski definition) is 3. The van der Waals surface area contributed by atoms with Crippen LogP contribution < -0.4 is 16.2 Å². The number of aryl methyl sites for hydroxylation is 1. The number of nitrogens with one attached hydrogen (secondary N) is 1. The van der Waals surface area contributed by atoms with Crippen molar-refractivity contribution in [3.8, 4) is 0 Å². The lowest BCUT2D eigenvalue weighted by molar-refractivity contribution is 0.159. The van der Waals surface area contributed by atoms with Gasteiger partial charge in [-0.1, -0.05) is 13.0 Å². The summed E-state index contributed by atoms with van der Waals surface area (Å²) in [7, 11) is -3.69. The number of nitrogens with two attached hydrogens (primary N) is 2. The van der Waals surface area contributed by atoms with Gasteiger partial charge in [0.1, 0.15) is 6.61 Å². The van der Waals surface area contributed by atoms with Gasteiger partial charge in [-0.3, -0.25) is 0 Å². The summed E-state index contributed by atoms with van der Waals surface area (Å²) in [4.78, 5) is 10.5. The Kier molecular flexibility index (Phi) is 5.13. The normalized spacial score (nSPS) is 11.2. The van der Waals surface area contributed by atoms with Gasteiger partial charge in [-0.15, -0.1) is 0 Å². The SMILES string of the molecule is CCc1ccc(N)cc1S(=O)(=O)NCCOC(N)=O. The van der Waals surface area contributed by atoms with Crippen molar-refractivity contribution in [3.63, 3.8) is 0 Å². The van der Waals surface area contributed by atoms with Crippen molar-refractivity contribution in [1.82, 2.24) is 4.72 Å². The second kappa shape index (κ2) is 6.39. The van der Waals surface area contributed by atoms with Gasteiger partial charge in [-0.25, -0.2) is 17.9 Å². The van der Waals surface area contributed by atoms with E-state index in [9.17, 15) is 13.2 Å². The first kappa shape index (κ1) is 15.3. The Bertz CT molecular complexity index is 557. The minimum absolute atomic E-state index is 0.0524. The number of rotatable bonds is 6. The molecule has 0 aliphatic carbocycles. The number of ether oxygens (including phenoxy) is 1. The van der Waals surface area contributed by atoms with E-state index in [1.807, 2.05) is 6.92 Å². The molecule has 0 fully saturated rings. The van der Waals surface area contributed by atoms with Crippen LogP contribution in [0.1, 0.15) is 12.5 Å². The summed E-state index contributed by atoms with van der Waals surface area (Å²) in [6, 6.07) is 4.72. The zero-order chi connectivity index (χ0) is 14.5. The molecule has 0 aliphatic rings. The summed E-state index contributed by atoms with van der Waals surface area (Å²) < 4.78 is 30.9. The molecule has 8 heteroatoms. The van der Waals surface area contributed by atoms with E-state index in [1.165, 1.54) is 6.07 Å². The molecule has 106 valence electrons. The van der Waals surface area contributed by atoms with Crippen molar-refractivity contribution in [2.75, 3.05) is 18.9 Å². The Morgan fingerprint density at radius 2 is 2.11 bits per heavy atom. The highest BCUT2D eigenvalue weighted by Crippen LogP contribution is 2.19. The molecular weight excluding hydrogens is 270 g/mol. The molecular formula is C11H17N3O4S. The first-order valence-corrected chi connectivity index (χ1v) is 7.15. The van der Waals surface area contributed by atoms with E-state index in [2.05, 4.69) is 9.46 Å². The molecule has 5 N–H and O–H groups in total. The fourth-order valence-electron chi connectivity index (χ4n) is 1.52. The van der Waals surface area contributed by atoms with Crippen LogP contribution in [0.25, 0.3) is 0 Å². The number of anilines is 1. The van der Waals surface area contributed by atoms with Crippen LogP contribution in [-0.2, 0) is 21.2 Å². The van der Waals surface area contributed by atoms with Crippen LogP contribution in [0.5, 0.6) is 0 Å². The van der Waals surface area contributed by atoms with Crippen LogP contribution in [-0.4, -0.2) is 27.7 Å². The number of sulfonamides is 1. The maximum Gasteiger partial charge on any atom is 0.404 e. The Labute approximate surface area is 112 Å². The van der Waals surface area contributed by atoms with Crippen molar-refractivity contribution in [1.29, 1.82) is 0 Å². The molecule has 1 amide bonds. The summed E-state index contributed by atoms with van der Waals surface area (Å²) >= 11 is 0. The van der Waals surface area contributed by atoms with Gasteiger partial charge in [-0.2, -0.15) is 0 Å². The number of carbonyl (C=O) groups is 1. The zero-order valence-electron chi connectivity index (χ0n) is 10.5. The average molecular weight is 287 g/mol. The first-order valence-electron chi connectivity index (χ1n) is 5.67. The van der Waals surface area contributed by atoms with Gasteiger partial charge in [0, 0.05) is 12.2 Å². The molecule has 0 unspecified atom stereocenters. The highest BCUT2D eigenvalue weighted by molar-refractivity contribution is 7.89. The summed E-state index contributed by atoms with van der Waals surface area (Å²) in [6.07, 6.45) is -0.383. The minimum atomic E-state index is -3.69. The van der Waals surface area contributed by atoms with Gasteiger partial charge >= 0.3 is 6.09 Å². The number of nitrogen functional groups attached to an aromatic ring is 1. The zero-order valence-corrected chi connectivity index (χ0v) is 11.4. The van der Waals surface area contributed by atoms with Crippen LogP contribution in [0, 0.1) is 0 Å². The molecule has 19 heavy (non-hydrogen) atoms. The summed E-state index contributed by atoms with van der Waals surface area (Å²) in [5, 5.41) is 0. The smallest absolute Gasteiger partial charge is 0.404 e. The Hall–Kier alpha value is -1.80. The Morgan fingerprint density at radius 1 is 1.42 bits per heavy atom. The molecule has 0 aromatic heterocycles. The molecule has 0 heterocycles. The molecule has 1 rings (SSSR count). The van der Waals surface area contributed by atoms with E-state index in [-0.39, 0.29) is 18.0 Å². The molecule has 0 atom stereocenters. The predicted molar refractivity (Wildman–Crippen MR) is 71.0 cm³/mol. The number of hydrogen-bond acceptors (Lipinski definition) is 5. The van der Waals surface area contributed by atoms with Crippen molar-refractivity contribution >= 4 is 21.8 Å². The second-order valence-electron chi connectivity index (χ2n) is 3.79. The maximum atomic E-state index is 12.1. The Balaban J connectivity index is 2.82. The largest absolute Gasteiger partial charge is 0.448 e. The molecule has 7 nitrogen and oxygen atoms in total. The van der Waals surface area contributed by atoms with Crippen molar-refractivity contribution in [2.45, 2.75) is 18.2 Å². The van der Waals surface area contributed by atoms with Gasteiger partial charge in [-0.05, 0) is 24.1 Å². The monoisotopic (exact) mass is 287 g/mol. The van der Waals surface area contributed by atoms with Gasteiger partial charge < -0.3 is 16.2 Å². The number of carbonyl (C=O) groups excluding carboxylic acids is 1.